The van der Waals surface area contributed by atoms with Crippen LogP contribution in [0.5, 0.6) is 0 Å². The normalized spacial score (nSPS) is 13.0. The van der Waals surface area contributed by atoms with Gasteiger partial charge in [0.2, 0.25) is 0 Å². The van der Waals surface area contributed by atoms with E-state index in [1.54, 1.807) is 24.7 Å². The fourth-order valence-electron chi connectivity index (χ4n) is 2.80. The molecule has 3 N–H and O–H groups in total. The second-order valence-corrected chi connectivity index (χ2v) is 6.71. The summed E-state index contributed by atoms with van der Waals surface area (Å²) in [5.41, 5.74) is 8.42. The number of hydrogen-bond acceptors (Lipinski definition) is 3. The van der Waals surface area contributed by atoms with Crippen LogP contribution in [-0.4, -0.2) is 21.8 Å². The molecular formula is C22H20F3N3O. The molecule has 0 saturated carbocycles. The Labute approximate surface area is 166 Å². The molecule has 150 valence electrons. The molecule has 1 heterocycles. The number of rotatable bonds is 7. The Kier molecular flexibility index (Phi) is 6.29. The van der Waals surface area contributed by atoms with Crippen LogP contribution in [0, 0.1) is 0 Å². The van der Waals surface area contributed by atoms with Crippen LogP contribution in [0.25, 0.3) is 12.2 Å². The first-order chi connectivity index (χ1) is 13.8. The third-order valence-corrected chi connectivity index (χ3v) is 4.46. The van der Waals surface area contributed by atoms with Crippen molar-refractivity contribution in [1.29, 1.82) is 0 Å². The summed E-state index contributed by atoms with van der Waals surface area (Å²) < 4.78 is 37.8. The van der Waals surface area contributed by atoms with Crippen molar-refractivity contribution >= 4 is 17.9 Å². The van der Waals surface area contributed by atoms with Gasteiger partial charge in [-0.25, -0.2) is 4.98 Å². The summed E-state index contributed by atoms with van der Waals surface area (Å²) in [5.74, 6) is -0.0685. The number of aromatic amines is 1. The summed E-state index contributed by atoms with van der Waals surface area (Å²) in [4.78, 5) is 19.2. The zero-order chi connectivity index (χ0) is 20.9. The minimum Gasteiger partial charge on any atom is -0.351 e. The summed E-state index contributed by atoms with van der Waals surface area (Å²) in [6, 6.07) is 11.7. The monoisotopic (exact) mass is 399 g/mol. The van der Waals surface area contributed by atoms with Gasteiger partial charge in [0.1, 0.15) is 0 Å². The molecule has 3 rings (SSSR count). The molecule has 4 nitrogen and oxygen atoms in total. The predicted octanol–water partition coefficient (Wildman–Crippen LogP) is 4.28. The van der Waals surface area contributed by atoms with Crippen molar-refractivity contribution in [2.24, 2.45) is 5.73 Å². The van der Waals surface area contributed by atoms with E-state index in [9.17, 15) is 18.0 Å². The Morgan fingerprint density at radius 1 is 1.03 bits per heavy atom. The SMILES string of the molecule is NC(Cc1c[nH]cn1)C(=O)Cc1ccc(/C=C/c2ccc(C(F)(F)F)cc2)cc1. The van der Waals surface area contributed by atoms with Crippen LogP contribution in [0.1, 0.15) is 27.9 Å². The standard InChI is InChI=1S/C22H20F3N3O/c23-22(24,25)18-9-7-16(8-10-18)2-1-15-3-5-17(6-4-15)11-21(29)20(26)12-19-13-27-14-28-19/h1-10,13-14,20H,11-12,26H2,(H,27,28)/b2-1+. The average molecular weight is 399 g/mol. The van der Waals surface area contributed by atoms with Gasteiger partial charge in [-0.3, -0.25) is 4.79 Å². The second kappa shape index (κ2) is 8.87. The third kappa shape index (κ3) is 5.89. The molecule has 0 aliphatic heterocycles. The van der Waals surface area contributed by atoms with Gasteiger partial charge >= 0.3 is 6.18 Å². The molecule has 1 atom stereocenters. The van der Waals surface area contributed by atoms with Crippen molar-refractivity contribution < 1.29 is 18.0 Å². The van der Waals surface area contributed by atoms with Crippen LogP contribution in [0.15, 0.2) is 61.1 Å². The lowest BCUT2D eigenvalue weighted by molar-refractivity contribution is -0.137. The van der Waals surface area contributed by atoms with Crippen molar-refractivity contribution in [2.45, 2.75) is 25.1 Å². The number of benzene rings is 2. The highest BCUT2D eigenvalue weighted by molar-refractivity contribution is 5.86. The molecule has 0 aliphatic carbocycles. The van der Waals surface area contributed by atoms with Crippen LogP contribution in [0.4, 0.5) is 13.2 Å². The number of halogens is 3. The largest absolute Gasteiger partial charge is 0.416 e. The lowest BCUT2D eigenvalue weighted by Crippen LogP contribution is -2.34. The number of Topliss-reactive ketones (excluding diaryl/α,β-unsaturated/α-hetero) is 1. The average Bonchev–Trinajstić information content (AvgIpc) is 3.20. The summed E-state index contributed by atoms with van der Waals surface area (Å²) in [5, 5.41) is 0. The molecule has 0 fully saturated rings. The topological polar surface area (TPSA) is 71.8 Å². The van der Waals surface area contributed by atoms with Gasteiger partial charge in [0.15, 0.2) is 5.78 Å². The van der Waals surface area contributed by atoms with Crippen molar-refractivity contribution in [2.75, 3.05) is 0 Å². The number of alkyl halides is 3. The van der Waals surface area contributed by atoms with Crippen molar-refractivity contribution in [3.8, 4) is 0 Å². The summed E-state index contributed by atoms with van der Waals surface area (Å²) in [6.07, 6.45) is 3.08. The molecule has 0 aliphatic rings. The number of nitrogens with zero attached hydrogens (tertiary/aromatic N) is 1. The molecule has 0 saturated heterocycles. The molecule has 2 aromatic carbocycles. The minimum absolute atomic E-state index is 0.0685. The summed E-state index contributed by atoms with van der Waals surface area (Å²) in [6.45, 7) is 0. The van der Waals surface area contributed by atoms with Gasteiger partial charge in [0.25, 0.3) is 0 Å². The first-order valence-electron chi connectivity index (χ1n) is 9.01. The lowest BCUT2D eigenvalue weighted by atomic mass is 10.00. The Morgan fingerprint density at radius 2 is 1.62 bits per heavy atom. The van der Waals surface area contributed by atoms with Gasteiger partial charge < -0.3 is 10.7 Å². The summed E-state index contributed by atoms with van der Waals surface area (Å²) >= 11 is 0. The highest BCUT2D eigenvalue weighted by Gasteiger charge is 2.29. The number of hydrogen-bond donors (Lipinski definition) is 2. The van der Waals surface area contributed by atoms with E-state index in [1.165, 1.54) is 12.1 Å². The zero-order valence-corrected chi connectivity index (χ0v) is 15.5. The van der Waals surface area contributed by atoms with E-state index in [4.69, 9.17) is 5.73 Å². The molecule has 0 radical (unpaired) electrons. The number of imidazole rings is 1. The maximum atomic E-state index is 12.6. The number of nitrogens with one attached hydrogen (secondary N) is 1. The Morgan fingerprint density at radius 3 is 2.14 bits per heavy atom. The van der Waals surface area contributed by atoms with Crippen LogP contribution >= 0.6 is 0 Å². The van der Waals surface area contributed by atoms with Crippen LogP contribution in [0.2, 0.25) is 0 Å². The van der Waals surface area contributed by atoms with Crippen LogP contribution in [0.3, 0.4) is 0 Å². The molecule has 29 heavy (non-hydrogen) atoms. The summed E-state index contributed by atoms with van der Waals surface area (Å²) in [7, 11) is 0. The lowest BCUT2D eigenvalue weighted by Gasteiger charge is -2.09. The molecule has 1 aromatic heterocycles. The quantitative estimate of drug-likeness (QED) is 0.583. The van der Waals surface area contributed by atoms with E-state index in [0.29, 0.717) is 12.0 Å². The number of H-pyrrole nitrogens is 1. The van der Waals surface area contributed by atoms with Crippen molar-refractivity contribution in [3.63, 3.8) is 0 Å². The Bertz CT molecular complexity index is 960. The number of nitrogens with two attached hydrogens (primary N) is 1. The van der Waals surface area contributed by atoms with E-state index in [1.807, 2.05) is 24.3 Å². The van der Waals surface area contributed by atoms with Crippen molar-refractivity contribution in [1.82, 2.24) is 9.97 Å². The van der Waals surface area contributed by atoms with E-state index >= 15 is 0 Å². The fraction of sp³-hybridized carbons (Fsp3) is 0.182. The van der Waals surface area contributed by atoms with Gasteiger partial charge in [0, 0.05) is 19.0 Å². The minimum atomic E-state index is -4.34. The van der Waals surface area contributed by atoms with Gasteiger partial charge in [-0.1, -0.05) is 48.6 Å². The zero-order valence-electron chi connectivity index (χ0n) is 15.5. The molecule has 0 spiro atoms. The van der Waals surface area contributed by atoms with E-state index < -0.39 is 17.8 Å². The fourth-order valence-corrected chi connectivity index (χ4v) is 2.80. The Hall–Kier alpha value is -3.19. The predicted molar refractivity (Wildman–Crippen MR) is 106 cm³/mol. The molecular weight excluding hydrogens is 379 g/mol. The van der Waals surface area contributed by atoms with Gasteiger partial charge in [-0.15, -0.1) is 0 Å². The molecule has 0 bridgehead atoms. The van der Waals surface area contributed by atoms with E-state index in [2.05, 4.69) is 9.97 Å². The van der Waals surface area contributed by atoms with Gasteiger partial charge in [0.05, 0.1) is 23.6 Å². The number of aromatic nitrogens is 2. The second-order valence-electron chi connectivity index (χ2n) is 6.71. The molecule has 1 unspecified atom stereocenters. The van der Waals surface area contributed by atoms with Crippen LogP contribution < -0.4 is 5.73 Å². The van der Waals surface area contributed by atoms with Gasteiger partial charge in [-0.05, 0) is 28.8 Å². The van der Waals surface area contributed by atoms with Crippen molar-refractivity contribution in [3.05, 3.63) is 89.0 Å². The third-order valence-electron chi connectivity index (χ3n) is 4.46. The maximum Gasteiger partial charge on any atom is 0.416 e. The highest BCUT2D eigenvalue weighted by Crippen LogP contribution is 2.29. The first kappa shape index (κ1) is 20.5. The first-order valence-corrected chi connectivity index (χ1v) is 9.01. The smallest absolute Gasteiger partial charge is 0.351 e. The highest BCUT2D eigenvalue weighted by atomic mass is 19.4. The van der Waals surface area contributed by atoms with E-state index in [0.717, 1.165) is 29.0 Å². The molecule has 0 amide bonds. The number of ketones is 1. The number of carbonyl (C=O) groups is 1. The van der Waals surface area contributed by atoms with Crippen LogP contribution in [-0.2, 0) is 23.8 Å². The molecule has 3 aromatic rings. The van der Waals surface area contributed by atoms with E-state index in [-0.39, 0.29) is 12.2 Å². The Balaban J connectivity index is 1.57. The molecule has 7 heteroatoms. The number of carbonyl (C=O) groups excluding carboxylic acids is 1. The maximum absolute atomic E-state index is 12.6. The van der Waals surface area contributed by atoms with Gasteiger partial charge in [-0.2, -0.15) is 13.2 Å².